The summed E-state index contributed by atoms with van der Waals surface area (Å²) < 4.78 is 27.3. The van der Waals surface area contributed by atoms with Crippen molar-refractivity contribution in [1.82, 2.24) is 4.72 Å². The van der Waals surface area contributed by atoms with Gasteiger partial charge in [0.15, 0.2) is 0 Å². The van der Waals surface area contributed by atoms with E-state index in [1.54, 1.807) is 18.2 Å². The highest BCUT2D eigenvalue weighted by molar-refractivity contribution is 7.89. The molecular formula is C15H26N2O2S. The zero-order chi connectivity index (χ0) is 15.3. The third-order valence-electron chi connectivity index (χ3n) is 3.23. The fourth-order valence-corrected chi connectivity index (χ4v) is 3.52. The van der Waals surface area contributed by atoms with Crippen molar-refractivity contribution in [2.24, 2.45) is 5.92 Å². The molecular weight excluding hydrogens is 272 g/mol. The molecule has 4 nitrogen and oxygen atoms in total. The van der Waals surface area contributed by atoms with Crippen molar-refractivity contribution < 1.29 is 8.42 Å². The number of sulfonamides is 1. The van der Waals surface area contributed by atoms with Gasteiger partial charge in [0.05, 0.1) is 5.69 Å². The number of hydrogen-bond donors (Lipinski definition) is 2. The highest BCUT2D eigenvalue weighted by Crippen LogP contribution is 2.20. The molecule has 1 rings (SSSR count). The van der Waals surface area contributed by atoms with Crippen LogP contribution in [0.15, 0.2) is 23.1 Å². The van der Waals surface area contributed by atoms with E-state index in [1.807, 2.05) is 13.8 Å². The first-order chi connectivity index (χ1) is 9.22. The summed E-state index contributed by atoms with van der Waals surface area (Å²) in [5.74, 6) is 0.645. The second-order valence-electron chi connectivity index (χ2n) is 5.89. The lowest BCUT2D eigenvalue weighted by molar-refractivity contribution is 0.488. The molecule has 0 aliphatic heterocycles. The Morgan fingerprint density at radius 3 is 2.40 bits per heavy atom. The van der Waals surface area contributed by atoms with Gasteiger partial charge in [-0.2, -0.15) is 0 Å². The van der Waals surface area contributed by atoms with Gasteiger partial charge in [-0.1, -0.05) is 32.8 Å². The SMILES string of the molecule is Cc1ccc(S(=O)(=O)NC(C)CCCC(C)C)c(N)c1. The van der Waals surface area contributed by atoms with Gasteiger partial charge in [0.25, 0.3) is 0 Å². The Labute approximate surface area is 122 Å². The summed E-state index contributed by atoms with van der Waals surface area (Å²) in [6.45, 7) is 8.11. The predicted octanol–water partition coefficient (Wildman–Crippen LogP) is 3.07. The molecule has 0 aliphatic rings. The number of nitrogen functional groups attached to an aromatic ring is 1. The Kier molecular flexibility index (Phi) is 6.02. The van der Waals surface area contributed by atoms with E-state index in [4.69, 9.17) is 5.73 Å². The van der Waals surface area contributed by atoms with Crippen LogP contribution in [0.5, 0.6) is 0 Å². The molecule has 1 atom stereocenters. The second-order valence-corrected chi connectivity index (χ2v) is 7.57. The van der Waals surface area contributed by atoms with Gasteiger partial charge in [0.1, 0.15) is 4.90 Å². The molecule has 1 unspecified atom stereocenters. The molecule has 0 heterocycles. The topological polar surface area (TPSA) is 72.2 Å². The van der Waals surface area contributed by atoms with Crippen LogP contribution in [0.3, 0.4) is 0 Å². The van der Waals surface area contributed by atoms with Crippen molar-refractivity contribution in [2.75, 3.05) is 5.73 Å². The molecule has 0 aliphatic carbocycles. The predicted molar refractivity (Wildman–Crippen MR) is 84.1 cm³/mol. The zero-order valence-corrected chi connectivity index (χ0v) is 13.6. The summed E-state index contributed by atoms with van der Waals surface area (Å²) in [7, 11) is -3.53. The van der Waals surface area contributed by atoms with E-state index in [2.05, 4.69) is 18.6 Å². The van der Waals surface area contributed by atoms with Crippen LogP contribution in [0.2, 0.25) is 0 Å². The quantitative estimate of drug-likeness (QED) is 0.760. The third-order valence-corrected chi connectivity index (χ3v) is 4.89. The number of hydrogen-bond acceptors (Lipinski definition) is 3. The molecule has 0 amide bonds. The lowest BCUT2D eigenvalue weighted by Gasteiger charge is -2.16. The number of rotatable bonds is 7. The van der Waals surface area contributed by atoms with Crippen LogP contribution in [0.4, 0.5) is 5.69 Å². The number of nitrogens with two attached hydrogens (primary N) is 1. The fourth-order valence-electron chi connectivity index (χ4n) is 2.13. The number of nitrogens with one attached hydrogen (secondary N) is 1. The number of anilines is 1. The van der Waals surface area contributed by atoms with Gasteiger partial charge in [0.2, 0.25) is 10.0 Å². The molecule has 1 aromatic rings. The van der Waals surface area contributed by atoms with E-state index in [-0.39, 0.29) is 10.9 Å². The summed E-state index contributed by atoms with van der Waals surface area (Å²) in [6, 6.07) is 4.92. The monoisotopic (exact) mass is 298 g/mol. The lowest BCUT2D eigenvalue weighted by atomic mass is 10.0. The maximum Gasteiger partial charge on any atom is 0.242 e. The van der Waals surface area contributed by atoms with E-state index >= 15 is 0 Å². The Morgan fingerprint density at radius 1 is 1.20 bits per heavy atom. The average Bonchev–Trinajstić information content (AvgIpc) is 2.26. The summed E-state index contributed by atoms with van der Waals surface area (Å²) in [5.41, 5.74) is 7.05. The standard InChI is InChI=1S/C15H26N2O2S/c1-11(2)6-5-7-13(4)17-20(18,19)15-9-8-12(3)10-14(15)16/h8-11,13,17H,5-7,16H2,1-4H3. The van der Waals surface area contributed by atoms with Gasteiger partial charge in [-0.25, -0.2) is 13.1 Å². The third kappa shape index (κ3) is 5.13. The van der Waals surface area contributed by atoms with E-state index in [9.17, 15) is 8.42 Å². The van der Waals surface area contributed by atoms with Crippen molar-refractivity contribution in [3.8, 4) is 0 Å². The van der Waals surface area contributed by atoms with Crippen molar-refractivity contribution in [2.45, 2.75) is 57.9 Å². The Morgan fingerprint density at radius 2 is 1.85 bits per heavy atom. The van der Waals surface area contributed by atoms with Gasteiger partial charge < -0.3 is 5.73 Å². The molecule has 5 heteroatoms. The summed E-state index contributed by atoms with van der Waals surface area (Å²) in [5, 5.41) is 0. The van der Waals surface area contributed by atoms with Crippen LogP contribution in [0.1, 0.15) is 45.6 Å². The highest BCUT2D eigenvalue weighted by Gasteiger charge is 2.19. The molecule has 0 aromatic heterocycles. The molecule has 20 heavy (non-hydrogen) atoms. The smallest absolute Gasteiger partial charge is 0.242 e. The first-order valence-corrected chi connectivity index (χ1v) is 8.59. The van der Waals surface area contributed by atoms with Crippen LogP contribution < -0.4 is 10.5 Å². The van der Waals surface area contributed by atoms with Crippen LogP contribution >= 0.6 is 0 Å². The van der Waals surface area contributed by atoms with Gasteiger partial charge in [-0.05, 0) is 43.9 Å². The van der Waals surface area contributed by atoms with E-state index in [0.717, 1.165) is 24.8 Å². The van der Waals surface area contributed by atoms with Crippen molar-refractivity contribution in [1.29, 1.82) is 0 Å². The normalized spacial score (nSPS) is 13.7. The van der Waals surface area contributed by atoms with E-state index < -0.39 is 10.0 Å². The summed E-state index contributed by atoms with van der Waals surface area (Å²) >= 11 is 0. The molecule has 0 spiro atoms. The van der Waals surface area contributed by atoms with Gasteiger partial charge >= 0.3 is 0 Å². The van der Waals surface area contributed by atoms with Crippen molar-refractivity contribution in [3.63, 3.8) is 0 Å². The lowest BCUT2D eigenvalue weighted by Crippen LogP contribution is -2.33. The van der Waals surface area contributed by atoms with Crippen molar-refractivity contribution >= 4 is 15.7 Å². The minimum atomic E-state index is -3.53. The zero-order valence-electron chi connectivity index (χ0n) is 12.8. The summed E-state index contributed by atoms with van der Waals surface area (Å²) in [4.78, 5) is 0.166. The average molecular weight is 298 g/mol. The van der Waals surface area contributed by atoms with Crippen LogP contribution in [-0.4, -0.2) is 14.5 Å². The number of aryl methyl sites for hydroxylation is 1. The molecule has 0 radical (unpaired) electrons. The van der Waals surface area contributed by atoms with Crippen LogP contribution in [0.25, 0.3) is 0 Å². The Hall–Kier alpha value is -1.07. The molecule has 0 fully saturated rings. The minimum Gasteiger partial charge on any atom is -0.398 e. The first-order valence-electron chi connectivity index (χ1n) is 7.11. The van der Waals surface area contributed by atoms with E-state index in [1.165, 1.54) is 0 Å². The molecule has 1 aromatic carbocycles. The second kappa shape index (κ2) is 7.09. The maximum atomic E-state index is 12.3. The molecule has 0 saturated heterocycles. The van der Waals surface area contributed by atoms with Crippen LogP contribution in [0, 0.1) is 12.8 Å². The minimum absolute atomic E-state index is 0.0838. The van der Waals surface area contributed by atoms with Gasteiger partial charge in [-0.15, -0.1) is 0 Å². The number of benzene rings is 1. The molecule has 0 saturated carbocycles. The Balaban J connectivity index is 2.69. The highest BCUT2D eigenvalue weighted by atomic mass is 32.2. The molecule has 0 bridgehead atoms. The largest absolute Gasteiger partial charge is 0.398 e. The molecule has 3 N–H and O–H groups in total. The summed E-state index contributed by atoms with van der Waals surface area (Å²) in [6.07, 6.45) is 2.96. The van der Waals surface area contributed by atoms with E-state index in [0.29, 0.717) is 11.6 Å². The molecule has 114 valence electrons. The Bertz CT molecular complexity index is 539. The first kappa shape index (κ1) is 17.0. The van der Waals surface area contributed by atoms with Gasteiger partial charge in [0, 0.05) is 6.04 Å². The maximum absolute atomic E-state index is 12.3. The van der Waals surface area contributed by atoms with Crippen LogP contribution in [-0.2, 0) is 10.0 Å². The fraction of sp³-hybridized carbons (Fsp3) is 0.600. The van der Waals surface area contributed by atoms with Gasteiger partial charge in [-0.3, -0.25) is 0 Å². The van der Waals surface area contributed by atoms with Crippen molar-refractivity contribution in [3.05, 3.63) is 23.8 Å².